The summed E-state index contributed by atoms with van der Waals surface area (Å²) in [5.41, 5.74) is 0. The Bertz CT molecular complexity index is 2510. The third-order valence-corrected chi connectivity index (χ3v) is 19.4. The van der Waals surface area contributed by atoms with E-state index in [2.05, 4.69) is 10.6 Å². The second-order valence-electron chi connectivity index (χ2n) is 30.5. The van der Waals surface area contributed by atoms with E-state index >= 15 is 0 Å². The Morgan fingerprint density at radius 1 is 0.221 bits per heavy atom. The van der Waals surface area contributed by atoms with E-state index in [1.54, 1.807) is 0 Å². The van der Waals surface area contributed by atoms with Gasteiger partial charge < -0.3 is 226 Å². The van der Waals surface area contributed by atoms with Crippen molar-refractivity contribution in [3.05, 3.63) is 0 Å². The summed E-state index contributed by atoms with van der Waals surface area (Å²) in [7, 11) is 0. The van der Waals surface area contributed by atoms with Gasteiger partial charge in [-0.05, 0) is 26.2 Å². The molecule has 0 rings (SSSR count). The van der Waals surface area contributed by atoms with Crippen LogP contribution in [0.2, 0.25) is 0 Å². The van der Waals surface area contributed by atoms with Gasteiger partial charge in [0.25, 0.3) is 0 Å². The first-order chi connectivity index (χ1) is 65.9. The average Bonchev–Trinajstić information content (AvgIpc) is 0.869. The first-order valence-corrected chi connectivity index (χ1v) is 46.6. The number of hydrogen-bond acceptors (Lipinski definition) is 49. The predicted molar refractivity (Wildman–Crippen MR) is 476 cm³/mol. The molecular weight excluding hydrogens is 1830 g/mol. The lowest BCUT2D eigenvalue weighted by Crippen LogP contribution is -2.53. The lowest BCUT2D eigenvalue weighted by molar-refractivity contribution is -0.131. The fourth-order valence-electron chi connectivity index (χ4n) is 11.4. The molecule has 136 heavy (non-hydrogen) atoms. The molecule has 0 aromatic carbocycles. The number of nitrogens with one attached hydrogen (secondary N) is 2. The van der Waals surface area contributed by atoms with Crippen molar-refractivity contribution in [3.63, 3.8) is 0 Å². The summed E-state index contributed by atoms with van der Waals surface area (Å²) >= 11 is 0. The molecule has 51 nitrogen and oxygen atoms in total. The van der Waals surface area contributed by atoms with Crippen LogP contribution in [0.1, 0.15) is 39.0 Å². The first-order valence-electron chi connectivity index (χ1n) is 46.6. The molecule has 0 aliphatic heterocycles. The smallest absolute Gasteiger partial charge is 0.222 e. The molecule has 0 saturated heterocycles. The Hall–Kier alpha value is -3.23. The maximum absolute atomic E-state index is 12.5. The third kappa shape index (κ3) is 79.2. The largest absolute Gasteiger partial charge is 0.394 e. The number of amides is 2. The number of carbonyl (C=O) groups is 3. The molecule has 2 amide bonds. The number of nitrogens with zero attached hydrogens (tertiary/aromatic N) is 2. The van der Waals surface area contributed by atoms with Crippen molar-refractivity contribution in [1.82, 2.24) is 20.4 Å². The summed E-state index contributed by atoms with van der Waals surface area (Å²) in [6.45, 7) is 12.7. The number of aliphatic hydroxyl groups is 20. The van der Waals surface area contributed by atoms with Crippen LogP contribution >= 0.6 is 0 Å². The Kier molecular flexibility index (Phi) is 94.3. The zero-order chi connectivity index (χ0) is 100. The van der Waals surface area contributed by atoms with Crippen molar-refractivity contribution in [2.75, 3.05) is 389 Å². The van der Waals surface area contributed by atoms with E-state index in [9.17, 15) is 96.1 Å². The van der Waals surface area contributed by atoms with Crippen molar-refractivity contribution in [2.24, 2.45) is 0 Å². The number of unbranched alkanes of at least 4 members (excludes halogenated alkanes) is 1. The molecule has 0 aromatic heterocycles. The normalized spacial score (nSPS) is 15.9. The van der Waals surface area contributed by atoms with Crippen LogP contribution in [-0.2, 0) is 128 Å². The maximum Gasteiger partial charge on any atom is 0.222 e. The summed E-state index contributed by atoms with van der Waals surface area (Å²) in [6, 6.07) is -0.633. The SMILES string of the molecule is CC(=O)[C@H](CCCCNC(=O)CCOCCOCCOCCOCCOCCOCCOCCOCCOCCOCCOCCOCCN(C[C@H](O)[C@@H](O)[C@H](O)[C@H](O)CO)C[C@H](O)[C@@H](O)[C@H](O)[C@H](O)CO)NC(=O)CCOCCOCCOCCOCCOCCOCCOCCOCCOCCOCCOCCOCCN(C[C@H](O)[C@@H](O)[C@H](O)[C@H](O)CO)C[C@H](O)[C@@H](O)C(O)[C@H](O)CO. The molecule has 0 aliphatic carbocycles. The van der Waals surface area contributed by atoms with Crippen LogP contribution in [0.3, 0.4) is 0 Å². The molecule has 1 unspecified atom stereocenters. The first kappa shape index (κ1) is 133. The van der Waals surface area contributed by atoms with Gasteiger partial charge in [-0.2, -0.15) is 0 Å². The van der Waals surface area contributed by atoms with E-state index in [1.807, 2.05) is 0 Å². The summed E-state index contributed by atoms with van der Waals surface area (Å²) < 4.78 is 132. The second kappa shape index (κ2) is 96.6. The number of ether oxygens (including phenoxy) is 24. The standard InChI is InChI=1S/C85H170N4O47/c1-66(94)67(87-77(104)6-11-114-15-19-118-23-27-122-31-35-126-39-43-130-47-51-134-55-57-136-53-49-132-45-41-128-37-33-124-29-25-120-21-17-116-13-9-89(60-70(97)80(107)84(111)74(101)64-92)61-71(98)81(108)85(112)75(102)65-93)4-2-3-7-86-76(103)5-10-113-14-18-117-22-26-121-30-34-125-38-42-129-46-50-133-54-56-135-52-48-131-44-40-127-36-32-123-28-24-119-20-16-115-12-8-88(58-68(95)78(105)82(109)72(99)62-90)59-69(96)79(106)83(110)73(100)63-91/h67-75,78-85,90-93,95-102,105-112H,2-65H2,1H3,(H,86,103)(H,87,104)/t67-,68-,69-,70-,71-,72+,73+,74+,75+,78+,79+,80+,81+,82+,83+,84+,85?/m0/s1. The Labute approximate surface area is 797 Å². The molecule has 22 N–H and O–H groups in total. The fourth-order valence-corrected chi connectivity index (χ4v) is 11.4. The summed E-state index contributed by atoms with van der Waals surface area (Å²) in [4.78, 5) is 39.7. The van der Waals surface area contributed by atoms with Crippen molar-refractivity contribution in [3.8, 4) is 0 Å². The van der Waals surface area contributed by atoms with E-state index in [4.69, 9.17) is 134 Å². The molecule has 0 aliphatic rings. The van der Waals surface area contributed by atoms with E-state index in [-0.39, 0.29) is 116 Å². The summed E-state index contributed by atoms with van der Waals surface area (Å²) in [5, 5.41) is 203. The molecule has 0 heterocycles. The Morgan fingerprint density at radius 3 is 0.559 bits per heavy atom. The van der Waals surface area contributed by atoms with Gasteiger partial charge in [-0.1, -0.05) is 0 Å². The predicted octanol–water partition coefficient (Wildman–Crippen LogP) is -12.1. The molecule has 0 bridgehead atoms. The number of rotatable bonds is 109. The van der Waals surface area contributed by atoms with Crippen LogP contribution in [0.25, 0.3) is 0 Å². The molecule has 0 spiro atoms. The number of ketones is 1. The molecule has 0 radical (unpaired) electrons. The van der Waals surface area contributed by atoms with Gasteiger partial charge in [0.15, 0.2) is 5.78 Å². The molecule has 0 saturated carbocycles. The monoisotopic (exact) mass is 2000 g/mol. The van der Waals surface area contributed by atoms with E-state index in [0.29, 0.717) is 270 Å². The number of carbonyl (C=O) groups excluding carboxylic acids is 3. The summed E-state index contributed by atoms with van der Waals surface area (Å²) in [5.74, 6) is -0.610. The van der Waals surface area contributed by atoms with Crippen LogP contribution in [0, 0.1) is 0 Å². The molecule has 0 aromatic rings. The van der Waals surface area contributed by atoms with Crippen molar-refractivity contribution >= 4 is 17.6 Å². The number of Topliss-reactive ketones (excluding diaryl/α,β-unsaturated/α-hetero) is 1. The molecule has 812 valence electrons. The third-order valence-electron chi connectivity index (χ3n) is 19.4. The van der Waals surface area contributed by atoms with Crippen LogP contribution in [0.5, 0.6) is 0 Å². The number of aliphatic hydroxyl groups excluding tert-OH is 20. The van der Waals surface area contributed by atoms with Crippen molar-refractivity contribution in [2.45, 2.75) is 143 Å². The highest BCUT2D eigenvalue weighted by Gasteiger charge is 2.37. The van der Waals surface area contributed by atoms with Crippen LogP contribution < -0.4 is 10.6 Å². The minimum atomic E-state index is -1.90. The minimum Gasteiger partial charge on any atom is -0.394 e. The Morgan fingerprint density at radius 2 is 0.382 bits per heavy atom. The van der Waals surface area contributed by atoms with E-state index < -0.39 is 156 Å². The zero-order valence-electron chi connectivity index (χ0n) is 79.4. The highest BCUT2D eigenvalue weighted by Crippen LogP contribution is 2.15. The molecular formula is C85H170N4O47. The number of hydrogen-bond donors (Lipinski definition) is 22. The minimum absolute atomic E-state index is 0.0105. The van der Waals surface area contributed by atoms with Gasteiger partial charge in [0.05, 0.1) is 374 Å². The highest BCUT2D eigenvalue weighted by atomic mass is 16.6. The van der Waals surface area contributed by atoms with Gasteiger partial charge in [0, 0.05) is 58.7 Å². The highest BCUT2D eigenvalue weighted by molar-refractivity contribution is 5.87. The maximum atomic E-state index is 12.5. The van der Waals surface area contributed by atoms with Gasteiger partial charge in [-0.15, -0.1) is 0 Å². The fraction of sp³-hybridized carbons (Fsp3) is 0.965. The molecule has 51 heteroatoms. The zero-order valence-corrected chi connectivity index (χ0v) is 79.4. The van der Waals surface area contributed by atoms with Crippen LogP contribution in [0.15, 0.2) is 0 Å². The lowest BCUT2D eigenvalue weighted by atomic mass is 10.0. The Balaban J connectivity index is 3.59. The average molecular weight is 2000 g/mol. The van der Waals surface area contributed by atoms with Crippen molar-refractivity contribution < 1.29 is 230 Å². The van der Waals surface area contributed by atoms with Crippen LogP contribution in [0.4, 0.5) is 0 Å². The molecule has 17 atom stereocenters. The van der Waals surface area contributed by atoms with Gasteiger partial charge in [-0.25, -0.2) is 0 Å². The topological polar surface area (TPSA) is 708 Å². The van der Waals surface area contributed by atoms with E-state index in [0.717, 1.165) is 0 Å². The van der Waals surface area contributed by atoms with Gasteiger partial charge >= 0.3 is 0 Å². The summed E-state index contributed by atoms with van der Waals surface area (Å²) in [6.07, 6.45) is -26.9. The quantitative estimate of drug-likeness (QED) is 0.0251. The second-order valence-corrected chi connectivity index (χ2v) is 30.5. The van der Waals surface area contributed by atoms with Crippen molar-refractivity contribution in [1.29, 1.82) is 0 Å². The van der Waals surface area contributed by atoms with Gasteiger partial charge in [-0.3, -0.25) is 24.2 Å². The van der Waals surface area contributed by atoms with Crippen LogP contribution in [-0.4, -0.2) is 623 Å². The molecule has 0 fully saturated rings. The van der Waals surface area contributed by atoms with Gasteiger partial charge in [0.1, 0.15) is 73.2 Å². The van der Waals surface area contributed by atoms with Gasteiger partial charge in [0.2, 0.25) is 11.8 Å². The van der Waals surface area contributed by atoms with E-state index in [1.165, 1.54) is 16.7 Å². The lowest BCUT2D eigenvalue weighted by Gasteiger charge is -2.33.